The maximum absolute atomic E-state index is 6.57. The lowest BCUT2D eigenvalue weighted by Gasteiger charge is -2.29. The quantitative estimate of drug-likeness (QED) is 0.678. The van der Waals surface area contributed by atoms with Crippen LogP contribution in [-0.2, 0) is 0 Å². The van der Waals surface area contributed by atoms with E-state index in [1.165, 1.54) is 11.1 Å². The Hall–Kier alpha value is -1.27. The third kappa shape index (κ3) is 2.89. The van der Waals surface area contributed by atoms with Crippen molar-refractivity contribution in [3.8, 4) is 0 Å². The Morgan fingerprint density at radius 3 is 1.41 bits per heavy atom. The maximum Gasteiger partial charge on any atom is 0.0499 e. The number of rotatable bonds is 3. The topological polar surface area (TPSA) is 0 Å². The average Bonchev–Trinajstić information content (AvgIpc) is 2.30. The van der Waals surface area contributed by atoms with Gasteiger partial charge in [-0.1, -0.05) is 60.7 Å². The van der Waals surface area contributed by atoms with Gasteiger partial charge in [0, 0.05) is 10.8 Å². The predicted molar refractivity (Wildman–Crippen MR) is 74.7 cm³/mol. The second kappa shape index (κ2) is 4.93. The van der Waals surface area contributed by atoms with Crippen LogP contribution in [-0.4, -0.2) is 4.87 Å². The van der Waals surface area contributed by atoms with Gasteiger partial charge < -0.3 is 0 Å². The molecule has 0 N–H and O–H groups in total. The Kier molecular flexibility index (Phi) is 3.54. The molecule has 0 aliphatic heterocycles. The monoisotopic (exact) mass is 244 g/mol. The van der Waals surface area contributed by atoms with Crippen LogP contribution in [0.1, 0.15) is 30.9 Å². The molecule has 0 nitrogen and oxygen atoms in total. The van der Waals surface area contributed by atoms with Gasteiger partial charge >= 0.3 is 0 Å². The molecule has 0 unspecified atom stereocenters. The molecule has 2 rings (SSSR count). The number of benzene rings is 2. The molecule has 0 aliphatic rings. The number of hydrogen-bond acceptors (Lipinski definition) is 0. The summed E-state index contributed by atoms with van der Waals surface area (Å²) in [5.41, 5.74) is 2.53. The molecule has 2 aromatic rings. The van der Waals surface area contributed by atoms with Crippen LogP contribution in [0.25, 0.3) is 0 Å². The van der Waals surface area contributed by atoms with E-state index in [9.17, 15) is 0 Å². The zero-order valence-electron chi connectivity index (χ0n) is 10.2. The van der Waals surface area contributed by atoms with Crippen LogP contribution in [0, 0.1) is 0 Å². The molecule has 88 valence electrons. The molecule has 0 heterocycles. The summed E-state index contributed by atoms with van der Waals surface area (Å²) in [6.45, 7) is 4.14. The Bertz CT molecular complexity index is 414. The van der Waals surface area contributed by atoms with Crippen LogP contribution in [0.15, 0.2) is 60.7 Å². The van der Waals surface area contributed by atoms with Gasteiger partial charge in [-0.2, -0.15) is 0 Å². The molecular weight excluding hydrogens is 228 g/mol. The molecule has 0 spiro atoms. The zero-order valence-corrected chi connectivity index (χ0v) is 11.0. The van der Waals surface area contributed by atoms with Gasteiger partial charge in [0.1, 0.15) is 0 Å². The molecule has 0 amide bonds. The van der Waals surface area contributed by atoms with Gasteiger partial charge in [0.2, 0.25) is 0 Å². The fourth-order valence-electron chi connectivity index (χ4n) is 2.28. The minimum absolute atomic E-state index is 0.214. The van der Waals surface area contributed by atoms with Gasteiger partial charge in [0.25, 0.3) is 0 Å². The van der Waals surface area contributed by atoms with Crippen LogP contribution in [0.2, 0.25) is 0 Å². The van der Waals surface area contributed by atoms with Crippen molar-refractivity contribution in [3.05, 3.63) is 71.8 Å². The van der Waals surface area contributed by atoms with Gasteiger partial charge in [0.15, 0.2) is 0 Å². The van der Waals surface area contributed by atoms with E-state index >= 15 is 0 Å². The number of halogens is 1. The fraction of sp³-hybridized carbons (Fsp3) is 0.250. The molecule has 0 aromatic heterocycles. The van der Waals surface area contributed by atoms with Crippen molar-refractivity contribution in [2.75, 3.05) is 0 Å². The standard InChI is InChI=1S/C16H17Cl/c1-16(2,17)15(13-9-5-3-6-10-13)14-11-7-4-8-12-14/h3-12,15H,1-2H3. The van der Waals surface area contributed by atoms with Crippen LogP contribution >= 0.6 is 11.6 Å². The molecule has 0 saturated heterocycles. The highest BCUT2D eigenvalue weighted by Crippen LogP contribution is 2.38. The van der Waals surface area contributed by atoms with Gasteiger partial charge in [-0.05, 0) is 25.0 Å². The maximum atomic E-state index is 6.57. The summed E-state index contributed by atoms with van der Waals surface area (Å²) in [6.07, 6.45) is 0. The average molecular weight is 245 g/mol. The first-order valence-electron chi connectivity index (χ1n) is 5.88. The van der Waals surface area contributed by atoms with Crippen molar-refractivity contribution >= 4 is 11.6 Å². The van der Waals surface area contributed by atoms with Crippen molar-refractivity contribution in [1.29, 1.82) is 0 Å². The summed E-state index contributed by atoms with van der Waals surface area (Å²) in [5.74, 6) is 0.214. The molecule has 0 bridgehead atoms. The Morgan fingerprint density at radius 1 is 0.765 bits per heavy atom. The van der Waals surface area contributed by atoms with E-state index in [0.717, 1.165) is 0 Å². The van der Waals surface area contributed by atoms with Crippen LogP contribution in [0.5, 0.6) is 0 Å². The zero-order chi connectivity index (χ0) is 12.3. The van der Waals surface area contributed by atoms with E-state index in [1.54, 1.807) is 0 Å². The first-order chi connectivity index (χ1) is 8.09. The fourth-order valence-corrected chi connectivity index (χ4v) is 2.53. The van der Waals surface area contributed by atoms with E-state index < -0.39 is 0 Å². The summed E-state index contributed by atoms with van der Waals surface area (Å²) in [6, 6.07) is 20.9. The second-order valence-electron chi connectivity index (χ2n) is 4.82. The van der Waals surface area contributed by atoms with Crippen LogP contribution < -0.4 is 0 Å². The number of alkyl halides is 1. The van der Waals surface area contributed by atoms with Gasteiger partial charge in [-0.3, -0.25) is 0 Å². The van der Waals surface area contributed by atoms with Gasteiger partial charge in [-0.15, -0.1) is 11.6 Å². The minimum atomic E-state index is -0.303. The molecule has 17 heavy (non-hydrogen) atoms. The first-order valence-corrected chi connectivity index (χ1v) is 6.25. The minimum Gasteiger partial charge on any atom is -0.119 e. The first kappa shape index (κ1) is 12.2. The van der Waals surface area contributed by atoms with Gasteiger partial charge in [-0.25, -0.2) is 0 Å². The summed E-state index contributed by atoms with van der Waals surface area (Å²) in [7, 11) is 0. The highest BCUT2D eigenvalue weighted by molar-refractivity contribution is 6.24. The molecule has 0 saturated carbocycles. The third-order valence-corrected chi connectivity index (χ3v) is 3.17. The summed E-state index contributed by atoms with van der Waals surface area (Å²) in [5, 5.41) is 0. The SMILES string of the molecule is CC(C)(Cl)C(c1ccccc1)c1ccccc1. The molecular formula is C16H17Cl. The second-order valence-corrected chi connectivity index (χ2v) is 5.79. The molecule has 0 radical (unpaired) electrons. The molecule has 0 aliphatic carbocycles. The number of hydrogen-bond donors (Lipinski definition) is 0. The predicted octanol–water partition coefficient (Wildman–Crippen LogP) is 4.84. The van der Waals surface area contributed by atoms with E-state index in [2.05, 4.69) is 62.4 Å². The third-order valence-electron chi connectivity index (χ3n) is 2.95. The summed E-state index contributed by atoms with van der Waals surface area (Å²) in [4.78, 5) is -0.303. The largest absolute Gasteiger partial charge is 0.119 e. The van der Waals surface area contributed by atoms with E-state index in [0.29, 0.717) is 0 Å². The van der Waals surface area contributed by atoms with Crippen LogP contribution in [0.4, 0.5) is 0 Å². The molecule has 2 aromatic carbocycles. The lowest BCUT2D eigenvalue weighted by Crippen LogP contribution is -2.23. The van der Waals surface area contributed by atoms with E-state index in [1.807, 2.05) is 12.1 Å². The van der Waals surface area contributed by atoms with Crippen molar-refractivity contribution in [2.45, 2.75) is 24.6 Å². The van der Waals surface area contributed by atoms with Gasteiger partial charge in [0.05, 0.1) is 0 Å². The van der Waals surface area contributed by atoms with Crippen LogP contribution in [0.3, 0.4) is 0 Å². The summed E-state index contributed by atoms with van der Waals surface area (Å²) < 4.78 is 0. The van der Waals surface area contributed by atoms with Crippen molar-refractivity contribution in [2.24, 2.45) is 0 Å². The van der Waals surface area contributed by atoms with Crippen molar-refractivity contribution < 1.29 is 0 Å². The summed E-state index contributed by atoms with van der Waals surface area (Å²) >= 11 is 6.57. The van der Waals surface area contributed by atoms with Crippen molar-refractivity contribution in [1.82, 2.24) is 0 Å². The van der Waals surface area contributed by atoms with E-state index in [-0.39, 0.29) is 10.8 Å². The van der Waals surface area contributed by atoms with Crippen molar-refractivity contribution in [3.63, 3.8) is 0 Å². The lowest BCUT2D eigenvalue weighted by atomic mass is 9.82. The Labute approximate surface area is 108 Å². The van der Waals surface area contributed by atoms with E-state index in [4.69, 9.17) is 11.6 Å². The highest BCUT2D eigenvalue weighted by atomic mass is 35.5. The molecule has 1 heteroatoms. The normalized spacial score (nSPS) is 11.8. The smallest absolute Gasteiger partial charge is 0.0499 e. The molecule has 0 atom stereocenters. The molecule has 0 fully saturated rings. The Balaban J connectivity index is 2.48. The lowest BCUT2D eigenvalue weighted by molar-refractivity contribution is 0.605. The highest BCUT2D eigenvalue weighted by Gasteiger charge is 2.29. The Morgan fingerprint density at radius 2 is 1.12 bits per heavy atom.